The van der Waals surface area contributed by atoms with Gasteiger partial charge in [0.25, 0.3) is 0 Å². The molecule has 0 saturated carbocycles. The molecule has 0 fully saturated rings. The summed E-state index contributed by atoms with van der Waals surface area (Å²) in [6.45, 7) is 0.680. The summed E-state index contributed by atoms with van der Waals surface area (Å²) >= 11 is 5.91. The fraction of sp³-hybridized carbons (Fsp3) is 0.200. The molecule has 0 bridgehead atoms. The number of aliphatic hydroxyl groups excluding tert-OH is 1. The lowest BCUT2D eigenvalue weighted by molar-refractivity contribution is 0.288. The average Bonchev–Trinajstić information content (AvgIpc) is 2.42. The van der Waals surface area contributed by atoms with Gasteiger partial charge in [-0.25, -0.2) is 0 Å². The molecule has 0 amide bonds. The Morgan fingerprint density at radius 2 is 1.56 bits per heavy atom. The van der Waals surface area contributed by atoms with E-state index in [-0.39, 0.29) is 12.6 Å². The van der Waals surface area contributed by atoms with Crippen LogP contribution in [0.5, 0.6) is 0 Å². The Bertz CT molecular complexity index is 470. The minimum Gasteiger partial charge on any atom is -0.395 e. The Kier molecular flexibility index (Phi) is 4.76. The number of halogens is 1. The van der Waals surface area contributed by atoms with Crippen LogP contribution in [0.3, 0.4) is 0 Å². The van der Waals surface area contributed by atoms with Gasteiger partial charge in [-0.15, -0.1) is 0 Å². The van der Waals surface area contributed by atoms with Crippen molar-refractivity contribution < 1.29 is 5.11 Å². The molecule has 3 heteroatoms. The second-order valence-electron chi connectivity index (χ2n) is 4.07. The molecular weight excluding hydrogens is 246 g/mol. The first-order valence-electron chi connectivity index (χ1n) is 5.96. The molecule has 2 aromatic carbocycles. The second kappa shape index (κ2) is 6.55. The van der Waals surface area contributed by atoms with Gasteiger partial charge in [0, 0.05) is 11.6 Å². The fourth-order valence-corrected chi connectivity index (χ4v) is 2.06. The molecule has 2 nitrogen and oxygen atoms in total. The molecule has 0 spiro atoms. The summed E-state index contributed by atoms with van der Waals surface area (Å²) in [7, 11) is 0. The van der Waals surface area contributed by atoms with E-state index in [0.717, 1.165) is 10.6 Å². The van der Waals surface area contributed by atoms with Crippen molar-refractivity contribution in [2.24, 2.45) is 0 Å². The zero-order valence-electron chi connectivity index (χ0n) is 10.0. The molecule has 18 heavy (non-hydrogen) atoms. The van der Waals surface area contributed by atoms with E-state index >= 15 is 0 Å². The van der Waals surface area contributed by atoms with Gasteiger partial charge in [0.1, 0.15) is 0 Å². The van der Waals surface area contributed by atoms with Gasteiger partial charge in [0.05, 0.1) is 12.6 Å². The first-order chi connectivity index (χ1) is 8.81. The summed E-state index contributed by atoms with van der Waals surface area (Å²) in [5, 5.41) is 13.0. The number of benzene rings is 2. The lowest BCUT2D eigenvalue weighted by Crippen LogP contribution is -2.25. The largest absolute Gasteiger partial charge is 0.395 e. The van der Waals surface area contributed by atoms with E-state index in [1.54, 1.807) is 0 Å². The highest BCUT2D eigenvalue weighted by Crippen LogP contribution is 2.23. The van der Waals surface area contributed by atoms with E-state index in [9.17, 15) is 0 Å². The van der Waals surface area contributed by atoms with Crippen molar-refractivity contribution >= 4 is 11.6 Å². The monoisotopic (exact) mass is 261 g/mol. The van der Waals surface area contributed by atoms with Crippen molar-refractivity contribution in [3.8, 4) is 0 Å². The Morgan fingerprint density at radius 1 is 0.944 bits per heavy atom. The van der Waals surface area contributed by atoms with Crippen molar-refractivity contribution in [3.63, 3.8) is 0 Å². The molecule has 2 aromatic rings. The summed E-state index contributed by atoms with van der Waals surface area (Å²) in [6, 6.07) is 18.0. The van der Waals surface area contributed by atoms with E-state index in [1.165, 1.54) is 5.56 Å². The van der Waals surface area contributed by atoms with Crippen LogP contribution in [0, 0.1) is 0 Å². The van der Waals surface area contributed by atoms with Crippen LogP contribution in [0.15, 0.2) is 54.6 Å². The average molecular weight is 262 g/mol. The molecule has 0 aliphatic heterocycles. The van der Waals surface area contributed by atoms with Crippen molar-refractivity contribution in [2.75, 3.05) is 13.2 Å². The maximum atomic E-state index is 8.97. The number of nitrogens with one attached hydrogen (secondary N) is 1. The van der Waals surface area contributed by atoms with Crippen LogP contribution in [0.2, 0.25) is 5.02 Å². The van der Waals surface area contributed by atoms with Gasteiger partial charge in [0.15, 0.2) is 0 Å². The SMILES string of the molecule is OCCNC(c1ccccc1)c1ccc(Cl)cc1. The molecule has 0 aromatic heterocycles. The number of aliphatic hydroxyl groups is 1. The molecule has 0 saturated heterocycles. The van der Waals surface area contributed by atoms with E-state index < -0.39 is 0 Å². The first kappa shape index (κ1) is 13.1. The molecule has 1 atom stereocenters. The molecule has 94 valence electrons. The number of rotatable bonds is 5. The van der Waals surface area contributed by atoms with Crippen LogP contribution in [0.1, 0.15) is 17.2 Å². The minimum absolute atomic E-state index is 0.0793. The summed E-state index contributed by atoms with van der Waals surface area (Å²) in [6.07, 6.45) is 0. The Balaban J connectivity index is 2.27. The second-order valence-corrected chi connectivity index (χ2v) is 4.51. The van der Waals surface area contributed by atoms with Crippen LogP contribution in [0.4, 0.5) is 0 Å². The van der Waals surface area contributed by atoms with E-state index in [1.807, 2.05) is 42.5 Å². The minimum atomic E-state index is 0.0793. The standard InChI is InChI=1S/C15H16ClNO/c16-14-8-6-13(7-9-14)15(17-10-11-18)12-4-2-1-3-5-12/h1-9,15,17-18H,10-11H2. The van der Waals surface area contributed by atoms with Crippen molar-refractivity contribution in [2.45, 2.75) is 6.04 Å². The predicted octanol–water partition coefficient (Wildman–Crippen LogP) is 3.01. The van der Waals surface area contributed by atoms with E-state index in [4.69, 9.17) is 16.7 Å². The van der Waals surface area contributed by atoms with Gasteiger partial charge in [-0.1, -0.05) is 54.1 Å². The third-order valence-electron chi connectivity index (χ3n) is 2.80. The van der Waals surface area contributed by atoms with Gasteiger partial charge in [-0.2, -0.15) is 0 Å². The highest BCUT2D eigenvalue weighted by atomic mass is 35.5. The van der Waals surface area contributed by atoms with Crippen LogP contribution in [0.25, 0.3) is 0 Å². The molecule has 0 heterocycles. The topological polar surface area (TPSA) is 32.3 Å². The Morgan fingerprint density at radius 3 is 2.17 bits per heavy atom. The van der Waals surface area contributed by atoms with Crippen molar-refractivity contribution in [1.82, 2.24) is 5.32 Å². The lowest BCUT2D eigenvalue weighted by atomic mass is 9.99. The predicted molar refractivity (Wildman–Crippen MR) is 74.8 cm³/mol. The fourth-order valence-electron chi connectivity index (χ4n) is 1.94. The van der Waals surface area contributed by atoms with Gasteiger partial charge in [-0.3, -0.25) is 0 Å². The normalized spacial score (nSPS) is 12.3. The highest BCUT2D eigenvalue weighted by molar-refractivity contribution is 6.30. The van der Waals surface area contributed by atoms with E-state index in [2.05, 4.69) is 17.4 Å². The summed E-state index contributed by atoms with van der Waals surface area (Å²) in [4.78, 5) is 0. The van der Waals surface area contributed by atoms with Crippen LogP contribution < -0.4 is 5.32 Å². The van der Waals surface area contributed by atoms with Crippen molar-refractivity contribution in [1.29, 1.82) is 0 Å². The molecular formula is C15H16ClNO. The molecule has 1 unspecified atom stereocenters. The molecule has 2 N–H and O–H groups in total. The van der Waals surface area contributed by atoms with Crippen LogP contribution >= 0.6 is 11.6 Å². The smallest absolute Gasteiger partial charge is 0.0577 e. The molecule has 2 rings (SSSR count). The highest BCUT2D eigenvalue weighted by Gasteiger charge is 2.12. The van der Waals surface area contributed by atoms with Gasteiger partial charge >= 0.3 is 0 Å². The van der Waals surface area contributed by atoms with Crippen molar-refractivity contribution in [3.05, 3.63) is 70.7 Å². The van der Waals surface area contributed by atoms with Gasteiger partial charge in [-0.05, 0) is 23.3 Å². The molecule has 0 radical (unpaired) electrons. The van der Waals surface area contributed by atoms with E-state index in [0.29, 0.717) is 6.54 Å². The van der Waals surface area contributed by atoms with Gasteiger partial charge in [0.2, 0.25) is 0 Å². The number of hydrogen-bond donors (Lipinski definition) is 2. The zero-order valence-corrected chi connectivity index (χ0v) is 10.8. The molecule has 0 aliphatic rings. The zero-order chi connectivity index (χ0) is 12.8. The third kappa shape index (κ3) is 3.33. The maximum Gasteiger partial charge on any atom is 0.0577 e. The lowest BCUT2D eigenvalue weighted by Gasteiger charge is -2.19. The first-order valence-corrected chi connectivity index (χ1v) is 6.33. The quantitative estimate of drug-likeness (QED) is 0.867. The Hall–Kier alpha value is -1.35. The maximum absolute atomic E-state index is 8.97. The summed E-state index contributed by atoms with van der Waals surface area (Å²) < 4.78 is 0. The Labute approximate surface area is 112 Å². The summed E-state index contributed by atoms with van der Waals surface area (Å²) in [5.41, 5.74) is 2.31. The van der Waals surface area contributed by atoms with Crippen LogP contribution in [-0.4, -0.2) is 18.3 Å². The number of hydrogen-bond acceptors (Lipinski definition) is 2. The van der Waals surface area contributed by atoms with Gasteiger partial charge < -0.3 is 10.4 Å². The third-order valence-corrected chi connectivity index (χ3v) is 3.05. The summed E-state index contributed by atoms with van der Waals surface area (Å²) in [5.74, 6) is 0. The van der Waals surface area contributed by atoms with Crippen LogP contribution in [-0.2, 0) is 0 Å². The molecule has 0 aliphatic carbocycles.